The number of amides is 2. The molecule has 6 rings (SSSR count). The van der Waals surface area contributed by atoms with Gasteiger partial charge in [-0.3, -0.25) is 15.0 Å². The first-order valence-corrected chi connectivity index (χ1v) is 23.0. The van der Waals surface area contributed by atoms with Gasteiger partial charge in [0.2, 0.25) is 5.79 Å². The molecule has 0 radical (unpaired) electrons. The van der Waals surface area contributed by atoms with Gasteiger partial charge in [0.25, 0.3) is 5.69 Å². The minimum absolute atomic E-state index is 0.00254. The molecule has 17 nitrogen and oxygen atoms in total. The maximum Gasteiger partial charge on any atom is 0.415 e. The van der Waals surface area contributed by atoms with Gasteiger partial charge in [0.15, 0.2) is 0 Å². The Labute approximate surface area is 391 Å². The van der Waals surface area contributed by atoms with Crippen LogP contribution in [0, 0.1) is 27.9 Å². The Bertz CT molecular complexity index is 2200. The number of allylic oxidation sites excluding steroid dienone is 1. The fraction of sp³-hybridized carbons (Fsp3) is 0.500. The van der Waals surface area contributed by atoms with Crippen molar-refractivity contribution in [1.29, 1.82) is 0 Å². The molecule has 0 saturated heterocycles. The summed E-state index contributed by atoms with van der Waals surface area (Å²) < 4.78 is 31.9. The fourth-order valence-corrected chi connectivity index (χ4v) is 9.32. The highest BCUT2D eigenvalue weighted by Gasteiger charge is 2.65. The van der Waals surface area contributed by atoms with Crippen molar-refractivity contribution in [1.82, 2.24) is 10.2 Å². The average molecular weight is 929 g/mol. The molecule has 0 unspecified atom stereocenters. The van der Waals surface area contributed by atoms with Gasteiger partial charge in [-0.2, -0.15) is 0 Å². The van der Waals surface area contributed by atoms with E-state index in [9.17, 15) is 35.0 Å². The molecule has 362 valence electrons. The van der Waals surface area contributed by atoms with Gasteiger partial charge in [0.1, 0.15) is 28.9 Å². The highest BCUT2D eigenvalue weighted by Crippen LogP contribution is 2.62. The van der Waals surface area contributed by atoms with Crippen LogP contribution in [0.1, 0.15) is 82.8 Å². The van der Waals surface area contributed by atoms with Crippen LogP contribution in [0.25, 0.3) is 0 Å². The van der Waals surface area contributed by atoms with Crippen molar-refractivity contribution in [2.45, 2.75) is 95.6 Å². The normalized spacial score (nSPS) is 22.3. The zero-order valence-electron chi connectivity index (χ0n) is 38.5. The highest BCUT2D eigenvalue weighted by atomic mass is 16.7. The maximum absolute atomic E-state index is 14.8. The molecule has 1 fully saturated rings. The van der Waals surface area contributed by atoms with E-state index in [2.05, 4.69) is 18.0 Å². The van der Waals surface area contributed by atoms with E-state index in [1.807, 2.05) is 57.2 Å². The highest BCUT2D eigenvalue weighted by molar-refractivity contribution is 6.03. The lowest BCUT2D eigenvalue weighted by Crippen LogP contribution is -2.70. The molecule has 67 heavy (non-hydrogen) atoms. The lowest BCUT2D eigenvalue weighted by Gasteiger charge is -2.59. The predicted octanol–water partition coefficient (Wildman–Crippen LogP) is 7.83. The summed E-state index contributed by atoms with van der Waals surface area (Å²) in [6.07, 6.45) is 6.36. The molecular formula is C50H64N4O13. The Kier molecular flexibility index (Phi) is 17.9. The molecule has 1 aliphatic heterocycles. The molecule has 6 atom stereocenters. The van der Waals surface area contributed by atoms with Crippen LogP contribution in [0.5, 0.6) is 17.2 Å². The number of hydrogen-bond acceptors (Lipinski definition) is 14. The summed E-state index contributed by atoms with van der Waals surface area (Å²) >= 11 is 0. The monoisotopic (exact) mass is 928 g/mol. The SMILES string of the molecule is C=CCO[C@@]12Oc3ccc(OC(=O)NCc4ccccc4)cc3[C@H]3[C@H](CCCCO)[C@@H](CCCCO)C=C(C(=NOC(C)(C)C)C[C@@H]1N(CCOCCO)C(=O)Oc1ccc([N+](=O)[O-])cc1)[C@H]32. The lowest BCUT2D eigenvalue weighted by atomic mass is 9.55. The number of nitrogens with zero attached hydrogens (tertiary/aromatic N) is 3. The van der Waals surface area contributed by atoms with Crippen LogP contribution < -0.4 is 19.5 Å². The fourth-order valence-electron chi connectivity index (χ4n) is 9.32. The van der Waals surface area contributed by atoms with Gasteiger partial charge in [0.05, 0.1) is 43.0 Å². The molecule has 4 N–H and O–H groups in total. The number of carbonyl (C=O) groups is 2. The second kappa shape index (κ2) is 23.7. The van der Waals surface area contributed by atoms with Crippen LogP contribution in [0.15, 0.2) is 102 Å². The van der Waals surface area contributed by atoms with Crippen LogP contribution in [-0.4, -0.2) is 107 Å². The molecular weight excluding hydrogens is 865 g/mol. The number of nitrogens with one attached hydrogen (secondary N) is 1. The number of nitro groups is 1. The number of benzene rings is 3. The number of ether oxygens (including phenoxy) is 5. The van der Waals surface area contributed by atoms with Gasteiger partial charge in [-0.25, -0.2) is 9.59 Å². The minimum atomic E-state index is -1.66. The third kappa shape index (κ3) is 12.8. The van der Waals surface area contributed by atoms with E-state index in [-0.39, 0.29) is 88.2 Å². The van der Waals surface area contributed by atoms with Crippen molar-refractivity contribution >= 4 is 23.6 Å². The summed E-state index contributed by atoms with van der Waals surface area (Å²) in [6, 6.07) is 18.8. The third-order valence-electron chi connectivity index (χ3n) is 12.1. The largest absolute Gasteiger partial charge is 0.459 e. The van der Waals surface area contributed by atoms with Crippen LogP contribution in [0.3, 0.4) is 0 Å². The van der Waals surface area contributed by atoms with E-state index in [1.165, 1.54) is 29.2 Å². The summed E-state index contributed by atoms with van der Waals surface area (Å²) in [6.45, 7) is 9.58. The molecule has 3 aromatic rings. The first-order valence-electron chi connectivity index (χ1n) is 23.0. The van der Waals surface area contributed by atoms with Crippen molar-refractivity contribution in [2.75, 3.05) is 46.2 Å². The summed E-state index contributed by atoms with van der Waals surface area (Å²) in [4.78, 5) is 46.6. The van der Waals surface area contributed by atoms with E-state index in [0.29, 0.717) is 37.1 Å². The molecule has 3 aliphatic rings. The molecule has 1 saturated carbocycles. The van der Waals surface area contributed by atoms with Crippen LogP contribution in [0.2, 0.25) is 0 Å². The third-order valence-corrected chi connectivity index (χ3v) is 12.1. The van der Waals surface area contributed by atoms with E-state index in [4.69, 9.17) is 33.7 Å². The summed E-state index contributed by atoms with van der Waals surface area (Å²) in [5, 5.41) is 48.6. The summed E-state index contributed by atoms with van der Waals surface area (Å²) in [5.74, 6) is -2.19. The second-order valence-electron chi connectivity index (χ2n) is 17.9. The topological polar surface area (TPSA) is 221 Å². The summed E-state index contributed by atoms with van der Waals surface area (Å²) in [7, 11) is 0. The molecule has 17 heteroatoms. The van der Waals surface area contributed by atoms with Gasteiger partial charge in [-0.15, -0.1) is 6.58 Å². The van der Waals surface area contributed by atoms with Crippen molar-refractivity contribution in [3.05, 3.63) is 118 Å². The van der Waals surface area contributed by atoms with E-state index >= 15 is 0 Å². The lowest BCUT2D eigenvalue weighted by molar-refractivity contribution is -0.384. The Balaban J connectivity index is 1.54. The average Bonchev–Trinajstić information content (AvgIpc) is 3.31. The summed E-state index contributed by atoms with van der Waals surface area (Å²) in [5.41, 5.74) is 2.08. The van der Waals surface area contributed by atoms with Crippen molar-refractivity contribution in [3.8, 4) is 17.2 Å². The van der Waals surface area contributed by atoms with Crippen molar-refractivity contribution in [2.24, 2.45) is 22.9 Å². The molecule has 2 aliphatic carbocycles. The van der Waals surface area contributed by atoms with Crippen molar-refractivity contribution < 1.29 is 58.4 Å². The minimum Gasteiger partial charge on any atom is -0.459 e. The number of oxime groups is 1. The predicted molar refractivity (Wildman–Crippen MR) is 249 cm³/mol. The Morgan fingerprint density at radius 1 is 0.955 bits per heavy atom. The van der Waals surface area contributed by atoms with Crippen LogP contribution in [0.4, 0.5) is 15.3 Å². The van der Waals surface area contributed by atoms with Gasteiger partial charge in [-0.05, 0) is 99.8 Å². The molecule has 2 amide bonds. The first kappa shape index (κ1) is 50.6. The first-order chi connectivity index (χ1) is 32.3. The standard InChI is InChI=1S/C50H64N4O13/c1-5-27-63-50-44(53(23-28-62-29-26-57)48(59)65-37-19-17-36(18-20-37)54(60)61)32-42(52-67-49(2,3)4)40-30-35(15-9-11-24-55)39(16-10-12-25-56)45(46(40)50)41-31-38(21-22-43(41)66-50)64-47(58)51-33-34-13-7-6-8-14-34/h5-8,13-14,17-22,30-31,35,39,44-46,55-57H,1,9-12,15-16,23-29,32-33H2,2-4H3,(H,51,58)/t35-,39+,44-,45+,46+,50+/m0/s1. The maximum atomic E-state index is 14.8. The van der Waals surface area contributed by atoms with Crippen molar-refractivity contribution in [3.63, 3.8) is 0 Å². The number of rotatable bonds is 23. The van der Waals surface area contributed by atoms with E-state index < -0.39 is 46.4 Å². The zero-order chi connectivity index (χ0) is 48.0. The van der Waals surface area contributed by atoms with Gasteiger partial charge >= 0.3 is 12.2 Å². The molecule has 3 aromatic carbocycles. The Morgan fingerprint density at radius 2 is 1.67 bits per heavy atom. The smallest absolute Gasteiger partial charge is 0.415 e. The number of aliphatic hydroxyl groups excluding tert-OH is 3. The number of non-ortho nitro benzene ring substituents is 1. The molecule has 1 heterocycles. The number of aliphatic hydroxyl groups is 3. The molecule has 0 spiro atoms. The van der Waals surface area contributed by atoms with Crippen LogP contribution in [-0.2, 0) is 20.9 Å². The van der Waals surface area contributed by atoms with Crippen LogP contribution >= 0.6 is 0 Å². The molecule has 0 bridgehead atoms. The van der Waals surface area contributed by atoms with E-state index in [1.54, 1.807) is 18.2 Å². The zero-order valence-corrected chi connectivity index (χ0v) is 38.5. The number of nitro benzene ring substituents is 1. The Hall–Kier alpha value is -5.85. The van der Waals surface area contributed by atoms with Gasteiger partial charge in [0, 0.05) is 56.3 Å². The number of unbranched alkanes of at least 4 members (excludes halogenated alkanes) is 2. The second-order valence-corrected chi connectivity index (χ2v) is 17.9. The number of carbonyl (C=O) groups excluding carboxylic acids is 2. The molecule has 0 aromatic heterocycles. The Morgan fingerprint density at radius 3 is 2.34 bits per heavy atom. The van der Waals surface area contributed by atoms with Gasteiger partial charge in [-0.1, -0.05) is 60.5 Å². The number of hydrogen-bond donors (Lipinski definition) is 4. The quantitative estimate of drug-likeness (QED) is 0.0309. The van der Waals surface area contributed by atoms with Gasteiger partial charge < -0.3 is 49.2 Å². The van der Waals surface area contributed by atoms with E-state index in [0.717, 1.165) is 29.5 Å². The number of fused-ring (bicyclic) bond motifs is 2.